The van der Waals surface area contributed by atoms with Gasteiger partial charge < -0.3 is 9.64 Å². The fourth-order valence-corrected chi connectivity index (χ4v) is 2.93. The molecule has 2 heterocycles. The first-order chi connectivity index (χ1) is 11.8. The average Bonchev–Trinajstić information content (AvgIpc) is 2.67. The van der Waals surface area contributed by atoms with Crippen molar-refractivity contribution in [1.29, 1.82) is 0 Å². The molecular formula is C19H24ClN3O2. The summed E-state index contributed by atoms with van der Waals surface area (Å²) in [6.07, 6.45) is 4.69. The summed E-state index contributed by atoms with van der Waals surface area (Å²) in [7, 11) is 1.63. The van der Waals surface area contributed by atoms with Gasteiger partial charge in [-0.05, 0) is 48.4 Å². The molecule has 1 fully saturated rings. The van der Waals surface area contributed by atoms with Gasteiger partial charge >= 0.3 is 0 Å². The zero-order chi connectivity index (χ0) is 16.8. The van der Waals surface area contributed by atoms with Crippen molar-refractivity contribution >= 4 is 18.3 Å². The molecule has 2 aromatic rings. The van der Waals surface area contributed by atoms with Crippen LogP contribution in [-0.2, 0) is 6.42 Å². The molecule has 0 unspecified atom stereocenters. The molecule has 25 heavy (non-hydrogen) atoms. The summed E-state index contributed by atoms with van der Waals surface area (Å²) >= 11 is 0. The Kier molecular flexibility index (Phi) is 7.22. The zero-order valence-electron chi connectivity index (χ0n) is 14.4. The fourth-order valence-electron chi connectivity index (χ4n) is 2.93. The van der Waals surface area contributed by atoms with Crippen LogP contribution in [0.5, 0.6) is 5.75 Å². The Morgan fingerprint density at radius 2 is 1.68 bits per heavy atom. The van der Waals surface area contributed by atoms with E-state index in [1.165, 1.54) is 5.56 Å². The lowest BCUT2D eigenvalue weighted by molar-refractivity contribution is 0.0638. The van der Waals surface area contributed by atoms with E-state index in [0.717, 1.165) is 50.5 Å². The number of methoxy groups -OCH3 is 1. The van der Waals surface area contributed by atoms with Gasteiger partial charge in [-0.25, -0.2) is 0 Å². The second-order valence-corrected chi connectivity index (χ2v) is 5.97. The van der Waals surface area contributed by atoms with Gasteiger partial charge in [-0.1, -0.05) is 0 Å². The predicted octanol–water partition coefficient (Wildman–Crippen LogP) is 2.51. The Morgan fingerprint density at radius 3 is 2.28 bits per heavy atom. The molecule has 0 N–H and O–H groups in total. The van der Waals surface area contributed by atoms with E-state index >= 15 is 0 Å². The molecular weight excluding hydrogens is 338 g/mol. The number of carbonyl (C=O) groups is 1. The van der Waals surface area contributed by atoms with E-state index in [-0.39, 0.29) is 18.3 Å². The molecule has 0 saturated carbocycles. The number of hydrogen-bond donors (Lipinski definition) is 0. The summed E-state index contributed by atoms with van der Waals surface area (Å²) in [5.74, 6) is 0.874. The quantitative estimate of drug-likeness (QED) is 0.821. The van der Waals surface area contributed by atoms with Crippen molar-refractivity contribution in [2.75, 3.05) is 39.8 Å². The van der Waals surface area contributed by atoms with Gasteiger partial charge in [-0.3, -0.25) is 14.7 Å². The van der Waals surface area contributed by atoms with Gasteiger partial charge in [0.25, 0.3) is 5.91 Å². The number of ether oxygens (including phenoxy) is 1. The van der Waals surface area contributed by atoms with Gasteiger partial charge in [-0.15, -0.1) is 12.4 Å². The van der Waals surface area contributed by atoms with Crippen LogP contribution in [0.25, 0.3) is 0 Å². The fraction of sp³-hybridized carbons (Fsp3) is 0.368. The summed E-state index contributed by atoms with van der Waals surface area (Å²) in [6, 6.07) is 11.4. The van der Waals surface area contributed by atoms with Crippen molar-refractivity contribution in [2.24, 2.45) is 0 Å². The second kappa shape index (κ2) is 9.39. The first-order valence-corrected chi connectivity index (χ1v) is 8.31. The molecule has 1 aromatic heterocycles. The highest BCUT2D eigenvalue weighted by atomic mass is 35.5. The Morgan fingerprint density at radius 1 is 1.04 bits per heavy atom. The highest BCUT2D eigenvalue weighted by Gasteiger charge is 2.21. The highest BCUT2D eigenvalue weighted by Crippen LogP contribution is 2.14. The maximum Gasteiger partial charge on any atom is 0.253 e. The van der Waals surface area contributed by atoms with Gasteiger partial charge in [0.05, 0.1) is 7.11 Å². The molecule has 0 spiro atoms. The third kappa shape index (κ3) is 5.18. The average molecular weight is 362 g/mol. The van der Waals surface area contributed by atoms with Crippen LogP contribution in [0.3, 0.4) is 0 Å². The largest absolute Gasteiger partial charge is 0.497 e. The molecule has 5 nitrogen and oxygen atoms in total. The molecule has 1 aromatic carbocycles. The van der Waals surface area contributed by atoms with Gasteiger partial charge in [0, 0.05) is 50.7 Å². The standard InChI is InChI=1S/C19H23N3O2.ClH/c1-24-18-4-2-17(3-5-18)19(23)22-14-12-21(13-15-22)11-8-16-6-9-20-10-7-16;/h2-7,9-10H,8,11-15H2,1H3;1H. The Balaban J connectivity index is 0.00000225. The van der Waals surface area contributed by atoms with Crippen molar-refractivity contribution in [2.45, 2.75) is 6.42 Å². The van der Waals surface area contributed by atoms with Crippen LogP contribution in [-0.4, -0.2) is 60.5 Å². The van der Waals surface area contributed by atoms with Gasteiger partial charge in [-0.2, -0.15) is 0 Å². The number of piperazine rings is 1. The van der Waals surface area contributed by atoms with E-state index in [4.69, 9.17) is 4.74 Å². The number of benzene rings is 1. The van der Waals surface area contributed by atoms with E-state index < -0.39 is 0 Å². The van der Waals surface area contributed by atoms with Gasteiger partial charge in [0.2, 0.25) is 0 Å². The summed E-state index contributed by atoms with van der Waals surface area (Å²) in [5.41, 5.74) is 2.03. The van der Waals surface area contributed by atoms with E-state index in [2.05, 4.69) is 22.0 Å². The van der Waals surface area contributed by atoms with Crippen LogP contribution >= 0.6 is 12.4 Å². The Hall–Kier alpha value is -2.11. The van der Waals surface area contributed by atoms with Crippen molar-refractivity contribution in [1.82, 2.24) is 14.8 Å². The van der Waals surface area contributed by atoms with Crippen LogP contribution in [0.15, 0.2) is 48.8 Å². The van der Waals surface area contributed by atoms with Gasteiger partial charge in [0.15, 0.2) is 0 Å². The maximum absolute atomic E-state index is 12.5. The normalized spacial score (nSPS) is 14.7. The minimum atomic E-state index is 0. The van der Waals surface area contributed by atoms with Crippen molar-refractivity contribution in [3.05, 3.63) is 59.9 Å². The molecule has 3 rings (SSSR count). The first-order valence-electron chi connectivity index (χ1n) is 8.31. The van der Waals surface area contributed by atoms with Crippen LogP contribution < -0.4 is 4.74 Å². The zero-order valence-corrected chi connectivity index (χ0v) is 15.2. The molecule has 134 valence electrons. The van der Waals surface area contributed by atoms with E-state index in [1.54, 1.807) is 7.11 Å². The number of nitrogens with zero attached hydrogens (tertiary/aromatic N) is 3. The molecule has 1 aliphatic heterocycles. The lowest BCUT2D eigenvalue weighted by atomic mass is 10.1. The molecule has 1 saturated heterocycles. The van der Waals surface area contributed by atoms with Crippen LogP contribution in [0.4, 0.5) is 0 Å². The molecule has 0 radical (unpaired) electrons. The lowest BCUT2D eigenvalue weighted by Crippen LogP contribution is -2.49. The monoisotopic (exact) mass is 361 g/mol. The predicted molar refractivity (Wildman–Crippen MR) is 101 cm³/mol. The number of aromatic nitrogens is 1. The van der Waals surface area contributed by atoms with Crippen LogP contribution in [0, 0.1) is 0 Å². The highest BCUT2D eigenvalue weighted by molar-refractivity contribution is 5.94. The summed E-state index contributed by atoms with van der Waals surface area (Å²) in [5, 5.41) is 0. The summed E-state index contributed by atoms with van der Waals surface area (Å²) < 4.78 is 5.14. The SMILES string of the molecule is COc1ccc(C(=O)N2CCN(CCc3ccncc3)CC2)cc1.Cl. The number of halogens is 1. The smallest absolute Gasteiger partial charge is 0.253 e. The topological polar surface area (TPSA) is 45.7 Å². The minimum Gasteiger partial charge on any atom is -0.497 e. The number of pyridine rings is 1. The first kappa shape index (κ1) is 19.2. The van der Waals surface area contributed by atoms with Crippen LogP contribution in [0.1, 0.15) is 15.9 Å². The molecule has 1 aliphatic rings. The van der Waals surface area contributed by atoms with Crippen molar-refractivity contribution in [3.8, 4) is 5.75 Å². The van der Waals surface area contributed by atoms with Crippen molar-refractivity contribution < 1.29 is 9.53 Å². The molecule has 6 heteroatoms. The minimum absolute atomic E-state index is 0. The van der Waals surface area contributed by atoms with E-state index in [1.807, 2.05) is 41.6 Å². The number of amides is 1. The third-order valence-electron chi connectivity index (χ3n) is 4.46. The Bertz CT molecular complexity index is 656. The Labute approximate surface area is 155 Å². The summed E-state index contributed by atoms with van der Waals surface area (Å²) in [4.78, 5) is 20.9. The molecule has 0 aliphatic carbocycles. The number of carbonyl (C=O) groups excluding carboxylic acids is 1. The lowest BCUT2D eigenvalue weighted by Gasteiger charge is -2.34. The molecule has 0 atom stereocenters. The summed E-state index contributed by atoms with van der Waals surface area (Å²) in [6.45, 7) is 4.43. The van der Waals surface area contributed by atoms with E-state index in [0.29, 0.717) is 0 Å². The third-order valence-corrected chi connectivity index (χ3v) is 4.46. The van der Waals surface area contributed by atoms with Crippen molar-refractivity contribution in [3.63, 3.8) is 0 Å². The molecule has 0 bridgehead atoms. The second-order valence-electron chi connectivity index (χ2n) is 5.97. The van der Waals surface area contributed by atoms with Crippen LogP contribution in [0.2, 0.25) is 0 Å². The number of hydrogen-bond acceptors (Lipinski definition) is 4. The maximum atomic E-state index is 12.5. The van der Waals surface area contributed by atoms with Gasteiger partial charge in [0.1, 0.15) is 5.75 Å². The molecule has 1 amide bonds. The van der Waals surface area contributed by atoms with E-state index in [9.17, 15) is 4.79 Å². The number of rotatable bonds is 5.